The van der Waals surface area contributed by atoms with Gasteiger partial charge in [-0.05, 0) is 44.1 Å². The smallest absolute Gasteiger partial charge is 0.244 e. The van der Waals surface area contributed by atoms with Crippen LogP contribution in [0.25, 0.3) is 0 Å². The number of nitrogens with zero attached hydrogens (tertiary/aromatic N) is 1. The fourth-order valence-corrected chi connectivity index (χ4v) is 3.80. The van der Waals surface area contributed by atoms with Gasteiger partial charge in [-0.15, -0.1) is 0 Å². The SMILES string of the molecule is COc1cc(CN)ccc1S(=O)(=O)NCC1CCCN1C. The Morgan fingerprint density at radius 3 is 2.81 bits per heavy atom. The number of sulfonamides is 1. The molecule has 0 radical (unpaired) electrons. The number of nitrogens with one attached hydrogen (secondary N) is 1. The Morgan fingerprint density at radius 2 is 2.24 bits per heavy atom. The highest BCUT2D eigenvalue weighted by Gasteiger charge is 2.25. The molecule has 1 atom stereocenters. The summed E-state index contributed by atoms with van der Waals surface area (Å²) >= 11 is 0. The van der Waals surface area contributed by atoms with E-state index in [4.69, 9.17) is 10.5 Å². The third-order valence-electron chi connectivity index (χ3n) is 3.93. The van der Waals surface area contributed by atoms with Crippen LogP contribution in [0, 0.1) is 0 Å². The lowest BCUT2D eigenvalue weighted by atomic mass is 10.2. The molecule has 6 nitrogen and oxygen atoms in total. The molecule has 0 aliphatic carbocycles. The molecule has 21 heavy (non-hydrogen) atoms. The number of rotatable bonds is 6. The van der Waals surface area contributed by atoms with Crippen LogP contribution in [0.3, 0.4) is 0 Å². The van der Waals surface area contributed by atoms with Crippen molar-refractivity contribution < 1.29 is 13.2 Å². The highest BCUT2D eigenvalue weighted by atomic mass is 32.2. The molecule has 0 aromatic heterocycles. The van der Waals surface area contributed by atoms with Gasteiger partial charge in [0.15, 0.2) is 0 Å². The lowest BCUT2D eigenvalue weighted by Gasteiger charge is -2.20. The van der Waals surface area contributed by atoms with Crippen molar-refractivity contribution in [2.45, 2.75) is 30.3 Å². The van der Waals surface area contributed by atoms with E-state index in [-0.39, 0.29) is 10.9 Å². The van der Waals surface area contributed by atoms with Crippen molar-refractivity contribution in [1.29, 1.82) is 0 Å². The van der Waals surface area contributed by atoms with Gasteiger partial charge in [0, 0.05) is 19.1 Å². The molecule has 1 aromatic rings. The fourth-order valence-electron chi connectivity index (χ4n) is 2.58. The minimum atomic E-state index is -3.58. The number of likely N-dealkylation sites (tertiary alicyclic amines) is 1. The molecule has 0 amide bonds. The fraction of sp³-hybridized carbons (Fsp3) is 0.571. The third kappa shape index (κ3) is 3.74. The van der Waals surface area contributed by atoms with E-state index in [1.165, 1.54) is 7.11 Å². The average Bonchev–Trinajstić information content (AvgIpc) is 2.89. The Bertz CT molecular complexity index is 589. The molecule has 0 spiro atoms. The molecule has 1 fully saturated rings. The molecular weight excluding hydrogens is 290 g/mol. The van der Waals surface area contributed by atoms with E-state index in [1.54, 1.807) is 18.2 Å². The molecule has 7 heteroatoms. The lowest BCUT2D eigenvalue weighted by Crippen LogP contribution is -2.38. The summed E-state index contributed by atoms with van der Waals surface area (Å²) in [6, 6.07) is 5.17. The first-order valence-corrected chi connectivity index (χ1v) is 8.53. The second-order valence-corrected chi connectivity index (χ2v) is 7.05. The van der Waals surface area contributed by atoms with Gasteiger partial charge in [0.25, 0.3) is 0 Å². The van der Waals surface area contributed by atoms with Crippen LogP contribution >= 0.6 is 0 Å². The second kappa shape index (κ2) is 6.74. The molecule has 0 saturated carbocycles. The van der Waals surface area contributed by atoms with Crippen LogP contribution < -0.4 is 15.2 Å². The monoisotopic (exact) mass is 313 g/mol. The number of likely N-dealkylation sites (N-methyl/N-ethyl adjacent to an activating group) is 1. The van der Waals surface area contributed by atoms with Crippen molar-refractivity contribution in [2.75, 3.05) is 27.2 Å². The largest absolute Gasteiger partial charge is 0.495 e. The summed E-state index contributed by atoms with van der Waals surface area (Å²) in [7, 11) is -0.107. The highest BCUT2D eigenvalue weighted by molar-refractivity contribution is 7.89. The molecule has 1 aliphatic rings. The van der Waals surface area contributed by atoms with Crippen molar-refractivity contribution in [3.05, 3.63) is 23.8 Å². The Hall–Kier alpha value is -1.15. The van der Waals surface area contributed by atoms with Gasteiger partial charge in [-0.3, -0.25) is 0 Å². The van der Waals surface area contributed by atoms with Gasteiger partial charge in [-0.25, -0.2) is 13.1 Å². The van der Waals surface area contributed by atoms with E-state index >= 15 is 0 Å². The summed E-state index contributed by atoms with van der Waals surface area (Å²) in [5.74, 6) is 0.324. The Labute approximate surface area is 126 Å². The second-order valence-electron chi connectivity index (χ2n) is 5.32. The van der Waals surface area contributed by atoms with Crippen LogP contribution in [0.15, 0.2) is 23.1 Å². The molecule has 3 N–H and O–H groups in total. The topological polar surface area (TPSA) is 84.7 Å². The van der Waals surface area contributed by atoms with Crippen LogP contribution in [0.1, 0.15) is 18.4 Å². The Kier molecular flexibility index (Phi) is 5.21. The summed E-state index contributed by atoms with van der Waals surface area (Å²) in [4.78, 5) is 2.33. The highest BCUT2D eigenvalue weighted by Crippen LogP contribution is 2.25. The van der Waals surface area contributed by atoms with E-state index in [1.807, 2.05) is 7.05 Å². The first-order chi connectivity index (χ1) is 9.97. The van der Waals surface area contributed by atoms with Gasteiger partial charge >= 0.3 is 0 Å². The molecular formula is C14H23N3O3S. The first kappa shape index (κ1) is 16.2. The van der Waals surface area contributed by atoms with Crippen molar-refractivity contribution >= 4 is 10.0 Å². The summed E-state index contributed by atoms with van der Waals surface area (Å²) in [6.45, 7) is 1.78. The molecule has 2 rings (SSSR count). The normalized spacial score (nSPS) is 19.9. The average molecular weight is 313 g/mol. The Morgan fingerprint density at radius 1 is 1.48 bits per heavy atom. The Balaban J connectivity index is 2.15. The van der Waals surface area contributed by atoms with Gasteiger partial charge < -0.3 is 15.4 Å². The molecule has 1 aliphatic heterocycles. The molecule has 1 heterocycles. The summed E-state index contributed by atoms with van der Waals surface area (Å²) < 4.78 is 32.7. The summed E-state index contributed by atoms with van der Waals surface area (Å²) in [5.41, 5.74) is 6.40. The predicted octanol–water partition coefficient (Wildman–Crippen LogP) is 0.526. The zero-order valence-electron chi connectivity index (χ0n) is 12.5. The van der Waals surface area contributed by atoms with Crippen molar-refractivity contribution in [1.82, 2.24) is 9.62 Å². The standard InChI is InChI=1S/C14H23N3O3S/c1-17-7-3-4-12(17)10-16-21(18,19)14-6-5-11(9-15)8-13(14)20-2/h5-6,8,12,16H,3-4,7,9-10,15H2,1-2H3. The lowest BCUT2D eigenvalue weighted by molar-refractivity contribution is 0.310. The van der Waals surface area contributed by atoms with Crippen molar-refractivity contribution in [3.63, 3.8) is 0 Å². The summed E-state index contributed by atoms with van der Waals surface area (Å²) in [6.07, 6.45) is 2.12. The van der Waals surface area contributed by atoms with Crippen molar-refractivity contribution in [3.8, 4) is 5.75 Å². The number of nitrogens with two attached hydrogens (primary N) is 1. The van der Waals surface area contributed by atoms with Crippen LogP contribution in [-0.2, 0) is 16.6 Å². The number of hydrogen-bond donors (Lipinski definition) is 2. The van der Waals surface area contributed by atoms with E-state index in [0.717, 1.165) is 24.9 Å². The van der Waals surface area contributed by atoms with Gasteiger partial charge in [0.05, 0.1) is 7.11 Å². The molecule has 1 unspecified atom stereocenters. The first-order valence-electron chi connectivity index (χ1n) is 7.05. The van der Waals surface area contributed by atoms with Gasteiger partial charge in [0.2, 0.25) is 10.0 Å². The van der Waals surface area contributed by atoms with E-state index in [9.17, 15) is 8.42 Å². The maximum absolute atomic E-state index is 12.4. The summed E-state index contributed by atoms with van der Waals surface area (Å²) in [5, 5.41) is 0. The van der Waals surface area contributed by atoms with Crippen LogP contribution in [0.5, 0.6) is 5.75 Å². The van der Waals surface area contributed by atoms with E-state index in [0.29, 0.717) is 18.8 Å². The van der Waals surface area contributed by atoms with Gasteiger partial charge in [-0.2, -0.15) is 0 Å². The van der Waals surface area contributed by atoms with Crippen LogP contribution in [0.4, 0.5) is 0 Å². The van der Waals surface area contributed by atoms with E-state index in [2.05, 4.69) is 9.62 Å². The quantitative estimate of drug-likeness (QED) is 0.800. The predicted molar refractivity (Wildman–Crippen MR) is 81.7 cm³/mol. The zero-order chi connectivity index (χ0) is 15.5. The third-order valence-corrected chi connectivity index (χ3v) is 5.40. The number of hydrogen-bond acceptors (Lipinski definition) is 5. The minimum Gasteiger partial charge on any atom is -0.495 e. The number of benzene rings is 1. The van der Waals surface area contributed by atoms with Crippen LogP contribution in [0.2, 0.25) is 0 Å². The van der Waals surface area contributed by atoms with Crippen LogP contribution in [-0.4, -0.2) is 46.6 Å². The molecule has 118 valence electrons. The van der Waals surface area contributed by atoms with E-state index < -0.39 is 10.0 Å². The van der Waals surface area contributed by atoms with Gasteiger partial charge in [0.1, 0.15) is 10.6 Å². The molecule has 1 saturated heterocycles. The number of methoxy groups -OCH3 is 1. The maximum atomic E-state index is 12.4. The van der Waals surface area contributed by atoms with Gasteiger partial charge in [-0.1, -0.05) is 6.07 Å². The molecule has 0 bridgehead atoms. The maximum Gasteiger partial charge on any atom is 0.244 e. The zero-order valence-corrected chi connectivity index (χ0v) is 13.3. The van der Waals surface area contributed by atoms with Crippen molar-refractivity contribution in [2.24, 2.45) is 5.73 Å². The molecule has 1 aromatic carbocycles. The minimum absolute atomic E-state index is 0.155. The number of ether oxygens (including phenoxy) is 1.